The fraction of sp³-hybridized carbons (Fsp3) is 0.519. The van der Waals surface area contributed by atoms with Gasteiger partial charge in [-0.25, -0.2) is 4.39 Å². The van der Waals surface area contributed by atoms with Crippen LogP contribution in [0.4, 0.5) is 15.8 Å². The molecular weight excluding hydrogens is 469 g/mol. The Labute approximate surface area is 212 Å². The number of hydrogen-bond donors (Lipinski definition) is 1. The molecule has 1 aliphatic heterocycles. The number of carboxylic acids is 1. The van der Waals surface area contributed by atoms with Crippen LogP contribution in [0.5, 0.6) is 5.75 Å². The van der Waals surface area contributed by atoms with E-state index >= 15 is 0 Å². The number of benzene rings is 2. The van der Waals surface area contributed by atoms with Crippen molar-refractivity contribution in [1.82, 2.24) is 0 Å². The molecule has 1 unspecified atom stereocenters. The van der Waals surface area contributed by atoms with Crippen LogP contribution in [0.15, 0.2) is 41.3 Å². The largest absolute Gasteiger partial charge is 0.496 e. The molecule has 1 N–H and O–H groups in total. The Morgan fingerprint density at radius 2 is 1.85 bits per heavy atom. The van der Waals surface area contributed by atoms with Gasteiger partial charge < -0.3 is 14.7 Å². The van der Waals surface area contributed by atoms with Crippen LogP contribution < -0.4 is 9.64 Å². The molecule has 1 atom stereocenters. The molecule has 0 spiro atoms. The van der Waals surface area contributed by atoms with E-state index in [2.05, 4.69) is 31.7 Å². The van der Waals surface area contributed by atoms with E-state index in [0.29, 0.717) is 11.7 Å². The second kappa shape index (κ2) is 13.3. The van der Waals surface area contributed by atoms with Gasteiger partial charge in [-0.05, 0) is 50.1 Å². The van der Waals surface area contributed by atoms with Crippen LogP contribution in [0.1, 0.15) is 59.4 Å². The number of rotatable bonds is 8. The molecule has 2 aromatic rings. The lowest BCUT2D eigenvalue weighted by Gasteiger charge is -2.28. The van der Waals surface area contributed by atoms with E-state index in [1.807, 2.05) is 30.0 Å². The number of carbonyl (C=O) groups is 1. The van der Waals surface area contributed by atoms with Crippen LogP contribution >= 0.6 is 23.5 Å². The van der Waals surface area contributed by atoms with Crippen molar-refractivity contribution < 1.29 is 19.0 Å². The van der Waals surface area contributed by atoms with Gasteiger partial charge >= 0.3 is 5.97 Å². The summed E-state index contributed by atoms with van der Waals surface area (Å²) in [5, 5.41) is 9.42. The molecule has 3 rings (SSSR count). The highest BCUT2D eigenvalue weighted by Crippen LogP contribution is 2.44. The summed E-state index contributed by atoms with van der Waals surface area (Å²) < 4.78 is 18.3. The summed E-state index contributed by atoms with van der Waals surface area (Å²) >= 11 is 3.21. The predicted molar refractivity (Wildman–Crippen MR) is 144 cm³/mol. The molecule has 1 aliphatic rings. The van der Waals surface area contributed by atoms with E-state index in [9.17, 15) is 14.3 Å². The third-order valence-corrected chi connectivity index (χ3v) is 8.52. The summed E-state index contributed by atoms with van der Waals surface area (Å²) in [6.45, 7) is 10.8. The van der Waals surface area contributed by atoms with Crippen LogP contribution in [-0.4, -0.2) is 35.2 Å². The zero-order chi connectivity index (χ0) is 25.3. The molecule has 7 heteroatoms. The Bertz CT molecular complexity index is 932. The number of ether oxygens (including phenoxy) is 1. The van der Waals surface area contributed by atoms with Gasteiger partial charge in [0.05, 0.1) is 12.8 Å². The minimum atomic E-state index is -0.877. The predicted octanol–water partition coefficient (Wildman–Crippen LogP) is 8.01. The van der Waals surface area contributed by atoms with E-state index in [4.69, 9.17) is 4.74 Å². The smallest absolute Gasteiger partial charge is 0.319 e. The molecule has 0 aliphatic carbocycles. The molecule has 0 bridgehead atoms. The second-order valence-electron chi connectivity index (χ2n) is 8.91. The SMILES string of the molecule is CCC1CSc2cc(CSC(C)(C)C(=O)O)c(OC)cc2N(c2ccc(F)cc2)C1.CCCC. The van der Waals surface area contributed by atoms with Gasteiger partial charge in [0.2, 0.25) is 0 Å². The molecule has 0 saturated carbocycles. The number of fused-ring (bicyclic) bond motifs is 1. The molecule has 1 heterocycles. The van der Waals surface area contributed by atoms with Crippen LogP contribution in [0.3, 0.4) is 0 Å². The maximum absolute atomic E-state index is 13.5. The molecule has 2 aromatic carbocycles. The maximum Gasteiger partial charge on any atom is 0.319 e. The minimum Gasteiger partial charge on any atom is -0.496 e. The maximum atomic E-state index is 13.5. The topological polar surface area (TPSA) is 49.8 Å². The van der Waals surface area contributed by atoms with Gasteiger partial charge in [0, 0.05) is 40.3 Å². The quantitative estimate of drug-likeness (QED) is 0.390. The molecule has 0 aromatic heterocycles. The van der Waals surface area contributed by atoms with E-state index in [1.165, 1.54) is 36.7 Å². The van der Waals surface area contributed by atoms with Crippen molar-refractivity contribution >= 4 is 40.9 Å². The number of methoxy groups -OCH3 is 1. The Morgan fingerprint density at radius 1 is 1.21 bits per heavy atom. The average Bonchev–Trinajstić information content (AvgIpc) is 3.01. The number of thioether (sulfide) groups is 2. The summed E-state index contributed by atoms with van der Waals surface area (Å²) in [5.74, 6) is 1.71. The fourth-order valence-corrected chi connectivity index (χ4v) is 5.43. The number of halogens is 1. The van der Waals surface area contributed by atoms with Crippen LogP contribution in [0.2, 0.25) is 0 Å². The summed E-state index contributed by atoms with van der Waals surface area (Å²) in [7, 11) is 1.64. The van der Waals surface area contributed by atoms with Crippen molar-refractivity contribution in [3.8, 4) is 5.75 Å². The molecule has 0 radical (unpaired) electrons. The first-order valence-electron chi connectivity index (χ1n) is 11.9. The van der Waals surface area contributed by atoms with Gasteiger partial charge in [0.1, 0.15) is 16.3 Å². The van der Waals surface area contributed by atoms with Gasteiger partial charge in [-0.2, -0.15) is 0 Å². The standard InChI is InChI=1S/C23H28FNO3S2.C4H10/c1-5-15-12-25(18-8-6-17(24)7-9-18)19-11-20(28-4)16(10-21(19)29-13-15)14-30-23(2,3)22(26)27;1-3-4-2/h6-11,15H,5,12-14H2,1-4H3,(H,26,27);3-4H2,1-2H3. The van der Waals surface area contributed by atoms with Gasteiger partial charge in [-0.1, -0.05) is 40.0 Å². The van der Waals surface area contributed by atoms with Gasteiger partial charge in [-0.15, -0.1) is 23.5 Å². The molecule has 0 amide bonds. The number of anilines is 2. The average molecular weight is 508 g/mol. The molecular formula is C27H38FNO3S2. The molecule has 0 saturated heterocycles. The number of aliphatic carboxylic acids is 1. The normalized spacial score (nSPS) is 15.6. The summed E-state index contributed by atoms with van der Waals surface area (Å²) in [6, 6.07) is 10.8. The van der Waals surface area contributed by atoms with Gasteiger partial charge in [0.15, 0.2) is 0 Å². The first kappa shape index (κ1) is 28.4. The van der Waals surface area contributed by atoms with Gasteiger partial charge in [-0.3, -0.25) is 4.79 Å². The highest BCUT2D eigenvalue weighted by atomic mass is 32.2. The first-order valence-corrected chi connectivity index (χ1v) is 13.9. The third kappa shape index (κ3) is 7.57. The number of hydrogen-bond acceptors (Lipinski definition) is 5. The van der Waals surface area contributed by atoms with Gasteiger partial charge in [0.25, 0.3) is 0 Å². The van der Waals surface area contributed by atoms with Crippen molar-refractivity contribution in [3.05, 3.63) is 47.8 Å². The second-order valence-corrected chi connectivity index (χ2v) is 11.6. The zero-order valence-electron chi connectivity index (χ0n) is 21.2. The Kier molecular flexibility index (Phi) is 11.1. The Balaban J connectivity index is 0.000000945. The Morgan fingerprint density at radius 3 is 2.38 bits per heavy atom. The number of carboxylic acid groups (broad SMARTS) is 1. The lowest BCUT2D eigenvalue weighted by atomic mass is 10.1. The molecule has 34 heavy (non-hydrogen) atoms. The van der Waals surface area contributed by atoms with Crippen molar-refractivity contribution in [2.75, 3.05) is 24.3 Å². The first-order chi connectivity index (χ1) is 16.2. The number of unbranched alkanes of at least 4 members (excludes halogenated alkanes) is 1. The van der Waals surface area contributed by atoms with Crippen molar-refractivity contribution in [2.45, 2.75) is 69.3 Å². The fourth-order valence-electron chi connectivity index (χ4n) is 3.27. The molecule has 0 fully saturated rings. The van der Waals surface area contributed by atoms with Crippen molar-refractivity contribution in [1.29, 1.82) is 0 Å². The highest BCUT2D eigenvalue weighted by Gasteiger charge is 2.29. The van der Waals surface area contributed by atoms with E-state index in [1.54, 1.807) is 21.0 Å². The highest BCUT2D eigenvalue weighted by molar-refractivity contribution is 8.00. The molecule has 4 nitrogen and oxygen atoms in total. The van der Waals surface area contributed by atoms with Crippen molar-refractivity contribution in [2.24, 2.45) is 5.92 Å². The lowest BCUT2D eigenvalue weighted by molar-refractivity contribution is -0.138. The van der Waals surface area contributed by atoms with Crippen LogP contribution in [0, 0.1) is 11.7 Å². The summed E-state index contributed by atoms with van der Waals surface area (Å²) in [4.78, 5) is 14.9. The van der Waals surface area contributed by atoms with E-state index < -0.39 is 10.7 Å². The summed E-state index contributed by atoms with van der Waals surface area (Å²) in [6.07, 6.45) is 3.70. The zero-order valence-corrected chi connectivity index (χ0v) is 22.8. The number of nitrogens with zero attached hydrogens (tertiary/aromatic N) is 1. The molecule has 188 valence electrons. The monoisotopic (exact) mass is 507 g/mol. The summed E-state index contributed by atoms with van der Waals surface area (Å²) in [5.41, 5.74) is 2.98. The van der Waals surface area contributed by atoms with E-state index in [0.717, 1.165) is 46.3 Å². The third-order valence-electron chi connectivity index (χ3n) is 5.89. The van der Waals surface area contributed by atoms with Crippen LogP contribution in [0.25, 0.3) is 0 Å². The van der Waals surface area contributed by atoms with Crippen LogP contribution in [-0.2, 0) is 10.5 Å². The van der Waals surface area contributed by atoms with Crippen molar-refractivity contribution in [3.63, 3.8) is 0 Å². The lowest BCUT2D eigenvalue weighted by Crippen LogP contribution is -2.27. The Hall–Kier alpha value is -1.86. The van der Waals surface area contributed by atoms with E-state index in [-0.39, 0.29) is 5.82 Å². The minimum absolute atomic E-state index is 0.249.